The Bertz CT molecular complexity index is 969. The fraction of sp³-hybridized carbons (Fsp3) is 0.200. The number of hydrogen-bond donors (Lipinski definition) is 1. The van der Waals surface area contributed by atoms with Crippen LogP contribution < -0.4 is 5.32 Å². The largest absolute Gasteiger partial charge is 0.399 e. The molecule has 0 bridgehead atoms. The molecule has 3 heterocycles. The van der Waals surface area contributed by atoms with Crippen LogP contribution in [-0.4, -0.2) is 23.3 Å². The molecule has 1 unspecified atom stereocenters. The molecule has 0 saturated carbocycles. The highest BCUT2D eigenvalue weighted by molar-refractivity contribution is 7.13. The van der Waals surface area contributed by atoms with Crippen molar-refractivity contribution in [3.8, 4) is 5.00 Å². The lowest BCUT2D eigenvalue weighted by Gasteiger charge is -2.18. The summed E-state index contributed by atoms with van der Waals surface area (Å²) in [5.74, 6) is -0.0596. The molecule has 1 atom stereocenters. The summed E-state index contributed by atoms with van der Waals surface area (Å²) < 4.78 is 2.09. The van der Waals surface area contributed by atoms with E-state index in [0.717, 1.165) is 22.0 Å². The van der Waals surface area contributed by atoms with Crippen LogP contribution >= 0.6 is 11.3 Å². The smallest absolute Gasteiger partial charge is 0.254 e. The van der Waals surface area contributed by atoms with Gasteiger partial charge in [-0.2, -0.15) is 0 Å². The molecule has 0 spiro atoms. The Morgan fingerprint density at radius 1 is 1.27 bits per heavy atom. The summed E-state index contributed by atoms with van der Waals surface area (Å²) in [5, 5.41) is 10.3. The van der Waals surface area contributed by atoms with E-state index >= 15 is 0 Å². The number of thiophene rings is 1. The van der Waals surface area contributed by atoms with Gasteiger partial charge in [0.1, 0.15) is 12.1 Å². The van der Waals surface area contributed by atoms with E-state index < -0.39 is 0 Å². The second-order valence-corrected chi connectivity index (χ2v) is 7.15. The van der Waals surface area contributed by atoms with Crippen LogP contribution in [0.15, 0.2) is 59.2 Å². The molecule has 4 rings (SSSR count). The van der Waals surface area contributed by atoms with Crippen molar-refractivity contribution in [2.45, 2.75) is 19.4 Å². The molecule has 3 aromatic rings. The van der Waals surface area contributed by atoms with Crippen LogP contribution in [0.1, 0.15) is 39.6 Å². The Labute approximate surface area is 155 Å². The number of aromatic nitrogens is 1. The van der Waals surface area contributed by atoms with Gasteiger partial charge in [-0.1, -0.05) is 35.0 Å². The van der Waals surface area contributed by atoms with E-state index in [1.165, 1.54) is 5.56 Å². The van der Waals surface area contributed by atoms with Gasteiger partial charge in [-0.15, -0.1) is 11.3 Å². The van der Waals surface area contributed by atoms with Gasteiger partial charge in [-0.25, -0.2) is 0 Å². The third-order valence-electron chi connectivity index (χ3n) is 4.53. The third kappa shape index (κ3) is 2.93. The minimum Gasteiger partial charge on any atom is -0.399 e. The average Bonchev–Trinajstić information content (AvgIpc) is 3.28. The van der Waals surface area contributed by atoms with Crippen molar-refractivity contribution in [3.63, 3.8) is 0 Å². The van der Waals surface area contributed by atoms with Crippen molar-refractivity contribution >= 4 is 23.0 Å². The quantitative estimate of drug-likeness (QED) is 0.560. The minimum absolute atomic E-state index is 0.0596. The van der Waals surface area contributed by atoms with Gasteiger partial charge in [0.05, 0.1) is 17.3 Å². The monoisotopic (exact) mass is 365 g/mol. The lowest BCUT2D eigenvalue weighted by atomic mass is 10.00. The van der Waals surface area contributed by atoms with E-state index in [2.05, 4.69) is 15.0 Å². The summed E-state index contributed by atoms with van der Waals surface area (Å²) in [5.41, 5.74) is 4.72. The van der Waals surface area contributed by atoms with Gasteiger partial charge >= 0.3 is 0 Å². The van der Waals surface area contributed by atoms with E-state index in [4.69, 9.17) is 4.84 Å². The Balaban J connectivity index is 1.71. The molecule has 0 aliphatic carbocycles. The number of rotatable bonds is 4. The fourth-order valence-corrected chi connectivity index (χ4v) is 4.15. The molecule has 1 N–H and O–H groups in total. The van der Waals surface area contributed by atoms with E-state index in [9.17, 15) is 4.79 Å². The molecular formula is C20H19N3O2S. The maximum absolute atomic E-state index is 12.7. The molecule has 1 amide bonds. The van der Waals surface area contributed by atoms with Crippen molar-refractivity contribution in [2.75, 3.05) is 7.11 Å². The zero-order valence-electron chi connectivity index (χ0n) is 14.6. The third-order valence-corrected chi connectivity index (χ3v) is 5.45. The number of amides is 1. The Morgan fingerprint density at radius 2 is 2.08 bits per heavy atom. The number of aryl methyl sites for hydroxylation is 1. The maximum atomic E-state index is 12.7. The van der Waals surface area contributed by atoms with Gasteiger partial charge < -0.3 is 14.7 Å². The predicted octanol–water partition coefficient (Wildman–Crippen LogP) is 4.07. The number of oxime groups is 1. The first kappa shape index (κ1) is 16.6. The number of carbonyl (C=O) groups is 1. The molecule has 0 radical (unpaired) electrons. The summed E-state index contributed by atoms with van der Waals surface area (Å²) in [6.07, 6.45) is 2.54. The summed E-state index contributed by atoms with van der Waals surface area (Å²) in [4.78, 5) is 17.8. The van der Waals surface area contributed by atoms with Gasteiger partial charge in [0, 0.05) is 18.3 Å². The predicted molar refractivity (Wildman–Crippen MR) is 103 cm³/mol. The van der Waals surface area contributed by atoms with Crippen LogP contribution in [0.2, 0.25) is 0 Å². The average molecular weight is 365 g/mol. The topological polar surface area (TPSA) is 55.6 Å². The van der Waals surface area contributed by atoms with Gasteiger partial charge in [0.15, 0.2) is 0 Å². The van der Waals surface area contributed by atoms with Crippen molar-refractivity contribution in [3.05, 3.63) is 76.4 Å². The number of nitrogens with one attached hydrogen (secondary N) is 1. The lowest BCUT2D eigenvalue weighted by Crippen LogP contribution is -2.29. The van der Waals surface area contributed by atoms with E-state index in [1.54, 1.807) is 18.4 Å². The van der Waals surface area contributed by atoms with Gasteiger partial charge in [0.25, 0.3) is 5.91 Å². The summed E-state index contributed by atoms with van der Waals surface area (Å²) in [6, 6.07) is 13.9. The standard InChI is InChI=1S/C20H19N3O2S/c1-13-5-7-14(8-6-13)16(22-25-2)12-17-18-4-3-10-23(18)20-15(9-11-26-20)19(24)21-17/h3-11,17H,12H2,1-2H3,(H,21,24)/b22-16-. The number of hydrogen-bond acceptors (Lipinski definition) is 4. The lowest BCUT2D eigenvalue weighted by molar-refractivity contribution is 0.0940. The van der Waals surface area contributed by atoms with Crippen molar-refractivity contribution < 1.29 is 9.63 Å². The Kier molecular flexibility index (Phi) is 4.34. The van der Waals surface area contributed by atoms with Crippen molar-refractivity contribution in [2.24, 2.45) is 5.16 Å². The van der Waals surface area contributed by atoms with Crippen molar-refractivity contribution in [1.29, 1.82) is 0 Å². The van der Waals surface area contributed by atoms with Gasteiger partial charge in [-0.3, -0.25) is 4.79 Å². The molecule has 6 heteroatoms. The fourth-order valence-electron chi connectivity index (χ4n) is 3.25. The van der Waals surface area contributed by atoms with E-state index in [-0.39, 0.29) is 11.9 Å². The molecule has 26 heavy (non-hydrogen) atoms. The van der Waals surface area contributed by atoms with Crippen LogP contribution in [0.25, 0.3) is 5.00 Å². The zero-order chi connectivity index (χ0) is 18.1. The van der Waals surface area contributed by atoms with Crippen LogP contribution in [-0.2, 0) is 4.84 Å². The Hall–Kier alpha value is -2.86. The highest BCUT2D eigenvalue weighted by Gasteiger charge is 2.28. The maximum Gasteiger partial charge on any atom is 0.254 e. The number of benzene rings is 1. The first-order valence-corrected chi connectivity index (χ1v) is 9.28. The highest BCUT2D eigenvalue weighted by Crippen LogP contribution is 2.32. The van der Waals surface area contributed by atoms with Gasteiger partial charge in [0.2, 0.25) is 0 Å². The first-order chi connectivity index (χ1) is 12.7. The number of nitrogens with zero attached hydrogens (tertiary/aromatic N) is 2. The summed E-state index contributed by atoms with van der Waals surface area (Å²) in [6.45, 7) is 2.05. The van der Waals surface area contributed by atoms with Crippen molar-refractivity contribution in [1.82, 2.24) is 9.88 Å². The normalized spacial score (nSPS) is 16.5. The molecule has 2 aromatic heterocycles. The number of carbonyl (C=O) groups excluding carboxylic acids is 1. The highest BCUT2D eigenvalue weighted by atomic mass is 32.1. The molecule has 0 fully saturated rings. The molecular weight excluding hydrogens is 346 g/mol. The van der Waals surface area contributed by atoms with Crippen LogP contribution in [0.3, 0.4) is 0 Å². The SMILES string of the molecule is CO/N=C(/CC1NC(=O)c2ccsc2-n2cccc21)c1ccc(C)cc1. The number of fused-ring (bicyclic) bond motifs is 3. The van der Waals surface area contributed by atoms with Crippen LogP contribution in [0, 0.1) is 6.92 Å². The summed E-state index contributed by atoms with van der Waals surface area (Å²) >= 11 is 1.57. The second-order valence-electron chi connectivity index (χ2n) is 6.26. The molecule has 132 valence electrons. The van der Waals surface area contributed by atoms with E-state index in [1.807, 2.05) is 61.0 Å². The first-order valence-electron chi connectivity index (χ1n) is 8.40. The molecule has 5 nitrogen and oxygen atoms in total. The van der Waals surface area contributed by atoms with E-state index in [0.29, 0.717) is 12.0 Å². The molecule has 1 aliphatic heterocycles. The summed E-state index contributed by atoms with van der Waals surface area (Å²) in [7, 11) is 1.54. The van der Waals surface area contributed by atoms with Crippen LogP contribution in [0.4, 0.5) is 0 Å². The molecule has 0 saturated heterocycles. The zero-order valence-corrected chi connectivity index (χ0v) is 15.4. The van der Waals surface area contributed by atoms with Gasteiger partial charge in [-0.05, 0) is 36.1 Å². The van der Waals surface area contributed by atoms with Crippen LogP contribution in [0.5, 0.6) is 0 Å². The minimum atomic E-state index is -0.188. The molecule has 1 aliphatic rings. The molecule has 1 aromatic carbocycles. The second kappa shape index (κ2) is 6.80. The Morgan fingerprint density at radius 3 is 2.85 bits per heavy atom.